The third kappa shape index (κ3) is 2.88. The first-order valence-corrected chi connectivity index (χ1v) is 8.77. The zero-order chi connectivity index (χ0) is 19.1. The van der Waals surface area contributed by atoms with Gasteiger partial charge in [-0.1, -0.05) is 24.3 Å². The van der Waals surface area contributed by atoms with E-state index < -0.39 is 6.04 Å². The number of aromatic hydroxyl groups is 1. The summed E-state index contributed by atoms with van der Waals surface area (Å²) in [5, 5.41) is 10.4. The molecule has 4 rings (SSSR count). The van der Waals surface area contributed by atoms with Gasteiger partial charge in [0.15, 0.2) is 5.43 Å². The molecule has 1 N–H and O–H groups in total. The van der Waals surface area contributed by atoms with E-state index >= 15 is 0 Å². The molecule has 138 valence electrons. The first-order valence-electron chi connectivity index (χ1n) is 8.77. The monoisotopic (exact) mass is 364 g/mol. The van der Waals surface area contributed by atoms with Crippen molar-refractivity contribution in [2.24, 2.45) is 0 Å². The average molecular weight is 364 g/mol. The van der Waals surface area contributed by atoms with Gasteiger partial charge in [0.05, 0.1) is 17.0 Å². The maximum atomic E-state index is 13.2. The number of rotatable bonds is 4. The first-order chi connectivity index (χ1) is 13.0. The number of likely N-dealkylation sites (N-methyl/N-ethyl adjacent to an activating group) is 1. The molecule has 6 nitrogen and oxygen atoms in total. The highest BCUT2D eigenvalue weighted by atomic mass is 16.3. The minimum atomic E-state index is -0.583. The van der Waals surface area contributed by atoms with Crippen LogP contribution in [0.3, 0.4) is 0 Å². The van der Waals surface area contributed by atoms with Crippen LogP contribution in [-0.2, 0) is 0 Å². The van der Waals surface area contributed by atoms with Gasteiger partial charge >= 0.3 is 0 Å². The predicted octanol–water partition coefficient (Wildman–Crippen LogP) is 2.61. The van der Waals surface area contributed by atoms with Gasteiger partial charge in [-0.25, -0.2) is 0 Å². The van der Waals surface area contributed by atoms with E-state index in [2.05, 4.69) is 0 Å². The van der Waals surface area contributed by atoms with Gasteiger partial charge in [0.1, 0.15) is 11.3 Å². The van der Waals surface area contributed by atoms with Crippen LogP contribution in [0, 0.1) is 0 Å². The molecular weight excluding hydrogens is 344 g/mol. The van der Waals surface area contributed by atoms with Crippen LogP contribution in [0.4, 0.5) is 0 Å². The Morgan fingerprint density at radius 2 is 1.89 bits per heavy atom. The Bertz CT molecular complexity index is 1090. The van der Waals surface area contributed by atoms with E-state index in [4.69, 9.17) is 4.42 Å². The molecule has 6 heteroatoms. The third-order valence-corrected chi connectivity index (χ3v) is 4.85. The number of nitrogens with zero attached hydrogens (tertiary/aromatic N) is 2. The van der Waals surface area contributed by atoms with Gasteiger partial charge in [0, 0.05) is 13.1 Å². The van der Waals surface area contributed by atoms with Crippen LogP contribution < -0.4 is 5.43 Å². The van der Waals surface area contributed by atoms with Crippen LogP contribution in [-0.4, -0.2) is 48.0 Å². The summed E-state index contributed by atoms with van der Waals surface area (Å²) in [6, 6.07) is 13.0. The molecule has 2 aromatic carbocycles. The largest absolute Gasteiger partial charge is 0.508 e. The van der Waals surface area contributed by atoms with Gasteiger partial charge in [-0.05, 0) is 43.9 Å². The predicted molar refractivity (Wildman–Crippen MR) is 102 cm³/mol. The molecule has 0 fully saturated rings. The van der Waals surface area contributed by atoms with Crippen molar-refractivity contribution in [2.75, 3.05) is 27.2 Å². The molecule has 0 saturated heterocycles. The zero-order valence-corrected chi connectivity index (χ0v) is 15.2. The van der Waals surface area contributed by atoms with E-state index in [1.165, 1.54) is 0 Å². The van der Waals surface area contributed by atoms with Crippen LogP contribution in [0.1, 0.15) is 27.7 Å². The van der Waals surface area contributed by atoms with Crippen molar-refractivity contribution in [3.8, 4) is 5.75 Å². The highest BCUT2D eigenvalue weighted by Crippen LogP contribution is 2.38. The number of hydrogen-bond donors (Lipinski definition) is 1. The molecule has 0 bridgehead atoms. The molecule has 0 aliphatic carbocycles. The minimum absolute atomic E-state index is 0.0887. The summed E-state index contributed by atoms with van der Waals surface area (Å²) in [5.74, 6) is -0.125. The summed E-state index contributed by atoms with van der Waals surface area (Å²) in [4.78, 5) is 29.9. The Morgan fingerprint density at radius 1 is 1.11 bits per heavy atom. The van der Waals surface area contributed by atoms with Crippen molar-refractivity contribution in [3.63, 3.8) is 0 Å². The number of benzene rings is 2. The number of amides is 1. The van der Waals surface area contributed by atoms with Crippen molar-refractivity contribution in [1.29, 1.82) is 0 Å². The van der Waals surface area contributed by atoms with Crippen molar-refractivity contribution in [1.82, 2.24) is 9.80 Å². The highest BCUT2D eigenvalue weighted by Gasteiger charge is 2.42. The maximum absolute atomic E-state index is 13.2. The van der Waals surface area contributed by atoms with Crippen LogP contribution in [0.25, 0.3) is 11.0 Å². The van der Waals surface area contributed by atoms with Crippen molar-refractivity contribution >= 4 is 16.9 Å². The standard InChI is InChI=1S/C21H20N2O4/c1-22(2)10-11-23-18(13-6-5-7-14(24)12-13)17-19(25)15-8-3-4-9-16(15)27-20(17)21(23)26/h3-9,12,18,24H,10-11H2,1-2H3/t18-/m1/s1. The molecular formula is C21H20N2O4. The zero-order valence-electron chi connectivity index (χ0n) is 15.2. The molecule has 1 aliphatic heterocycles. The first kappa shape index (κ1) is 17.3. The normalized spacial score (nSPS) is 16.3. The van der Waals surface area contributed by atoms with Crippen LogP contribution in [0.5, 0.6) is 5.75 Å². The SMILES string of the molecule is CN(C)CCN1C(=O)c2oc3ccccc3c(=O)c2[C@H]1c1cccc(O)c1. The highest BCUT2D eigenvalue weighted by molar-refractivity contribution is 5.99. The summed E-state index contributed by atoms with van der Waals surface area (Å²) in [5.41, 5.74) is 1.21. The molecule has 1 aromatic heterocycles. The smallest absolute Gasteiger partial charge is 0.290 e. The topological polar surface area (TPSA) is 74.0 Å². The molecule has 0 unspecified atom stereocenters. The van der Waals surface area contributed by atoms with Crippen molar-refractivity contribution in [2.45, 2.75) is 6.04 Å². The Labute approximate surface area is 156 Å². The number of phenolic OH excluding ortho intramolecular Hbond substituents is 1. The van der Waals surface area contributed by atoms with Gasteiger partial charge in [0.25, 0.3) is 5.91 Å². The number of carbonyl (C=O) groups is 1. The number of fused-ring (bicyclic) bond motifs is 2. The quantitative estimate of drug-likeness (QED) is 0.770. The summed E-state index contributed by atoms with van der Waals surface area (Å²) in [7, 11) is 3.85. The molecule has 0 radical (unpaired) electrons. The lowest BCUT2D eigenvalue weighted by atomic mass is 9.98. The second kappa shape index (κ2) is 6.55. The summed E-state index contributed by atoms with van der Waals surface area (Å²) in [6.07, 6.45) is 0. The lowest BCUT2D eigenvalue weighted by Gasteiger charge is -2.26. The number of para-hydroxylation sites is 1. The number of phenols is 1. The van der Waals surface area contributed by atoms with E-state index in [0.717, 1.165) is 0 Å². The lowest BCUT2D eigenvalue weighted by molar-refractivity contribution is 0.0716. The molecule has 0 saturated carbocycles. The molecule has 2 heterocycles. The Kier molecular flexibility index (Phi) is 4.20. The Hall–Kier alpha value is -3.12. The maximum Gasteiger partial charge on any atom is 0.290 e. The fourth-order valence-corrected chi connectivity index (χ4v) is 3.55. The van der Waals surface area contributed by atoms with Crippen molar-refractivity contribution in [3.05, 3.63) is 75.6 Å². The second-order valence-corrected chi connectivity index (χ2v) is 6.97. The van der Waals surface area contributed by atoms with Crippen LogP contribution in [0.2, 0.25) is 0 Å². The van der Waals surface area contributed by atoms with Gasteiger partial charge < -0.3 is 19.3 Å². The molecule has 3 aromatic rings. The van der Waals surface area contributed by atoms with E-state index in [9.17, 15) is 14.7 Å². The summed E-state index contributed by atoms with van der Waals surface area (Å²) < 4.78 is 5.85. The number of carbonyl (C=O) groups excluding carboxylic acids is 1. The molecule has 1 atom stereocenters. The fourth-order valence-electron chi connectivity index (χ4n) is 3.55. The van der Waals surface area contributed by atoms with Gasteiger partial charge in [-0.3, -0.25) is 9.59 Å². The van der Waals surface area contributed by atoms with Crippen molar-refractivity contribution < 1.29 is 14.3 Å². The van der Waals surface area contributed by atoms with E-state index in [1.807, 2.05) is 25.1 Å². The van der Waals surface area contributed by atoms with Crippen LogP contribution >= 0.6 is 0 Å². The summed E-state index contributed by atoms with van der Waals surface area (Å²) in [6.45, 7) is 1.08. The second-order valence-electron chi connectivity index (χ2n) is 6.97. The summed E-state index contributed by atoms with van der Waals surface area (Å²) >= 11 is 0. The molecule has 0 spiro atoms. The Balaban J connectivity index is 1.94. The average Bonchev–Trinajstić information content (AvgIpc) is 2.93. The van der Waals surface area contributed by atoms with E-state index in [-0.39, 0.29) is 22.8 Å². The van der Waals surface area contributed by atoms with E-state index in [0.29, 0.717) is 35.2 Å². The lowest BCUT2D eigenvalue weighted by Crippen LogP contribution is -2.35. The van der Waals surface area contributed by atoms with Gasteiger partial charge in [0.2, 0.25) is 5.76 Å². The molecule has 27 heavy (non-hydrogen) atoms. The molecule has 1 amide bonds. The minimum Gasteiger partial charge on any atom is -0.508 e. The number of hydrogen-bond acceptors (Lipinski definition) is 5. The third-order valence-electron chi connectivity index (χ3n) is 4.85. The van der Waals surface area contributed by atoms with Gasteiger partial charge in [-0.15, -0.1) is 0 Å². The van der Waals surface area contributed by atoms with E-state index in [1.54, 1.807) is 47.4 Å². The molecule has 1 aliphatic rings. The van der Waals surface area contributed by atoms with Crippen LogP contribution in [0.15, 0.2) is 57.7 Å². The fraction of sp³-hybridized carbons (Fsp3) is 0.238. The Morgan fingerprint density at radius 3 is 2.63 bits per heavy atom. The van der Waals surface area contributed by atoms with Gasteiger partial charge in [-0.2, -0.15) is 0 Å².